The van der Waals surface area contributed by atoms with Crippen molar-refractivity contribution in [1.82, 2.24) is 20.3 Å². The summed E-state index contributed by atoms with van der Waals surface area (Å²) in [6.07, 6.45) is 0.944. The minimum Gasteiger partial charge on any atom is -0.457 e. The molecule has 0 aliphatic carbocycles. The monoisotopic (exact) mass is 440 g/mol. The molecule has 0 bridgehead atoms. The molecular weight excluding hydrogens is 416 g/mol. The second kappa shape index (κ2) is 8.86. The van der Waals surface area contributed by atoms with Gasteiger partial charge in [0, 0.05) is 29.5 Å². The van der Waals surface area contributed by atoms with E-state index in [0.717, 1.165) is 22.6 Å². The van der Waals surface area contributed by atoms with Crippen LogP contribution in [-0.4, -0.2) is 26.9 Å². The first kappa shape index (κ1) is 20.9. The number of para-hydroxylation sites is 2. The highest BCUT2D eigenvalue weighted by Crippen LogP contribution is 2.45. The zero-order chi connectivity index (χ0) is 22.8. The Morgan fingerprint density at radius 3 is 2.33 bits per heavy atom. The lowest BCUT2D eigenvalue weighted by molar-refractivity contribution is -0.122. The van der Waals surface area contributed by atoms with Crippen LogP contribution in [0, 0.1) is 0 Å². The first-order chi connectivity index (χ1) is 16.1. The molecule has 1 aliphatic rings. The minimum absolute atomic E-state index is 0.0832. The van der Waals surface area contributed by atoms with Gasteiger partial charge in [0.1, 0.15) is 17.0 Å². The number of carbonyl (C=O) groups is 1. The summed E-state index contributed by atoms with van der Waals surface area (Å²) in [5, 5.41) is 11.8. The molecule has 7 nitrogen and oxygen atoms in total. The van der Waals surface area contributed by atoms with Crippen LogP contribution in [0.4, 0.5) is 0 Å². The van der Waals surface area contributed by atoms with E-state index < -0.39 is 0 Å². The van der Waals surface area contributed by atoms with Gasteiger partial charge in [-0.1, -0.05) is 60.7 Å². The van der Waals surface area contributed by atoms with E-state index in [0.29, 0.717) is 17.3 Å². The fourth-order valence-corrected chi connectivity index (χ4v) is 4.33. The van der Waals surface area contributed by atoms with E-state index in [1.165, 1.54) is 4.68 Å². The third-order valence-corrected chi connectivity index (χ3v) is 6.08. The Morgan fingerprint density at radius 1 is 1.00 bits per heavy atom. The number of ether oxygens (including phenoxy) is 1. The number of benzene rings is 3. The van der Waals surface area contributed by atoms with Crippen LogP contribution >= 0.6 is 0 Å². The highest BCUT2D eigenvalue weighted by Gasteiger charge is 2.29. The van der Waals surface area contributed by atoms with Gasteiger partial charge in [0.05, 0.1) is 11.9 Å². The molecule has 1 atom stereocenters. The van der Waals surface area contributed by atoms with Crippen molar-refractivity contribution in [2.24, 2.45) is 0 Å². The summed E-state index contributed by atoms with van der Waals surface area (Å²) in [7, 11) is 0. The molecule has 0 spiro atoms. The molecule has 1 amide bonds. The van der Waals surface area contributed by atoms with Gasteiger partial charge >= 0.3 is 0 Å². The van der Waals surface area contributed by atoms with Crippen LogP contribution in [0.3, 0.4) is 0 Å². The second-order valence-electron chi connectivity index (χ2n) is 8.20. The van der Waals surface area contributed by atoms with Gasteiger partial charge in [-0.05, 0) is 30.7 Å². The van der Waals surface area contributed by atoms with Crippen LogP contribution in [-0.2, 0) is 11.3 Å². The number of hydrogen-bond acceptors (Lipinski definition) is 5. The zero-order valence-electron chi connectivity index (χ0n) is 18.3. The summed E-state index contributed by atoms with van der Waals surface area (Å²) in [5.74, 6) is 1.37. The summed E-state index contributed by atoms with van der Waals surface area (Å²) in [6.45, 7) is 2.24. The van der Waals surface area contributed by atoms with E-state index in [2.05, 4.69) is 15.6 Å². The smallest absolute Gasteiger partial charge is 0.277 e. The minimum atomic E-state index is -0.240. The third kappa shape index (κ3) is 4.09. The van der Waals surface area contributed by atoms with Crippen molar-refractivity contribution in [3.8, 4) is 11.5 Å². The molecule has 0 fully saturated rings. The first-order valence-corrected chi connectivity index (χ1v) is 11.1. The number of nitrogens with one attached hydrogen (secondary N) is 1. The Kier molecular flexibility index (Phi) is 5.60. The Hall–Kier alpha value is -4.00. The van der Waals surface area contributed by atoms with Crippen molar-refractivity contribution in [2.75, 3.05) is 0 Å². The van der Waals surface area contributed by atoms with Crippen molar-refractivity contribution in [3.63, 3.8) is 0 Å². The van der Waals surface area contributed by atoms with Crippen LogP contribution in [0.15, 0.2) is 77.6 Å². The van der Waals surface area contributed by atoms with Crippen LogP contribution in [0.2, 0.25) is 0 Å². The van der Waals surface area contributed by atoms with Gasteiger partial charge in [-0.25, -0.2) is 4.68 Å². The summed E-state index contributed by atoms with van der Waals surface area (Å²) in [6, 6.07) is 22.5. The van der Waals surface area contributed by atoms with Gasteiger partial charge in [-0.3, -0.25) is 9.59 Å². The SMILES string of the molecule is CC[C@H](Cn1nnc2ccccc2c1=O)NC(=O)CC1c2ccccc2Oc2ccccc21. The average molecular weight is 441 g/mol. The fourth-order valence-electron chi connectivity index (χ4n) is 4.33. The van der Waals surface area contributed by atoms with Crippen molar-refractivity contribution in [2.45, 2.75) is 38.3 Å². The van der Waals surface area contributed by atoms with Gasteiger partial charge < -0.3 is 10.1 Å². The standard InChI is InChI=1S/C26H24N4O3/c1-2-17(16-30-26(32)20-11-3-6-12-22(20)28-29-30)27-25(31)15-21-18-9-4-7-13-23(18)33-24-14-8-5-10-19(21)24/h3-14,17,21H,2,15-16H2,1H3,(H,27,31)/t17-/m1/s1. The lowest BCUT2D eigenvalue weighted by Gasteiger charge is -2.28. The Bertz CT molecular complexity index is 1340. The average Bonchev–Trinajstić information content (AvgIpc) is 2.85. The van der Waals surface area contributed by atoms with Crippen molar-refractivity contribution < 1.29 is 9.53 Å². The normalized spacial score (nSPS) is 13.6. The maximum absolute atomic E-state index is 13.1. The number of aromatic nitrogens is 3. The molecule has 1 N–H and O–H groups in total. The molecule has 5 rings (SSSR count). The van der Waals surface area contributed by atoms with E-state index in [1.54, 1.807) is 18.2 Å². The van der Waals surface area contributed by atoms with Gasteiger partial charge in [0.15, 0.2) is 0 Å². The molecule has 2 heterocycles. The Labute approximate surface area is 191 Å². The lowest BCUT2D eigenvalue weighted by atomic mass is 9.85. The molecule has 166 valence electrons. The molecular formula is C26H24N4O3. The van der Waals surface area contributed by atoms with Crippen LogP contribution in [0.5, 0.6) is 11.5 Å². The van der Waals surface area contributed by atoms with E-state index in [1.807, 2.05) is 61.5 Å². The van der Waals surface area contributed by atoms with Gasteiger partial charge in [-0.15, -0.1) is 5.10 Å². The maximum Gasteiger partial charge on any atom is 0.277 e. The van der Waals surface area contributed by atoms with Gasteiger partial charge in [0.2, 0.25) is 5.91 Å². The molecule has 4 aromatic rings. The predicted molar refractivity (Wildman–Crippen MR) is 125 cm³/mol. The summed E-state index contributed by atoms with van der Waals surface area (Å²) >= 11 is 0. The number of hydrogen-bond donors (Lipinski definition) is 1. The van der Waals surface area contributed by atoms with Crippen LogP contribution in [0.25, 0.3) is 10.9 Å². The number of fused-ring (bicyclic) bond motifs is 3. The molecule has 33 heavy (non-hydrogen) atoms. The molecule has 1 aromatic heterocycles. The maximum atomic E-state index is 13.1. The van der Waals surface area contributed by atoms with E-state index in [4.69, 9.17) is 4.74 Å². The lowest BCUT2D eigenvalue weighted by Crippen LogP contribution is -2.41. The fraction of sp³-hybridized carbons (Fsp3) is 0.231. The third-order valence-electron chi connectivity index (χ3n) is 6.08. The van der Waals surface area contributed by atoms with E-state index >= 15 is 0 Å². The molecule has 0 saturated heterocycles. The molecule has 1 aliphatic heterocycles. The quantitative estimate of drug-likeness (QED) is 0.490. The first-order valence-electron chi connectivity index (χ1n) is 11.1. The highest BCUT2D eigenvalue weighted by atomic mass is 16.5. The molecule has 3 aromatic carbocycles. The predicted octanol–water partition coefficient (Wildman–Crippen LogP) is 4.01. The van der Waals surface area contributed by atoms with Crippen molar-refractivity contribution in [1.29, 1.82) is 0 Å². The molecule has 0 radical (unpaired) electrons. The van der Waals surface area contributed by atoms with Crippen LogP contribution in [0.1, 0.15) is 36.8 Å². The topological polar surface area (TPSA) is 86.1 Å². The van der Waals surface area contributed by atoms with Crippen molar-refractivity contribution in [3.05, 3.63) is 94.3 Å². The zero-order valence-corrected chi connectivity index (χ0v) is 18.3. The largest absolute Gasteiger partial charge is 0.457 e. The van der Waals surface area contributed by atoms with Crippen LogP contribution < -0.4 is 15.6 Å². The molecule has 0 saturated carbocycles. The second-order valence-corrected chi connectivity index (χ2v) is 8.20. The molecule has 0 unspecified atom stereocenters. The summed E-state index contributed by atoms with van der Waals surface area (Å²) in [5.41, 5.74) is 2.35. The summed E-state index contributed by atoms with van der Waals surface area (Å²) < 4.78 is 7.36. The van der Waals surface area contributed by atoms with Crippen molar-refractivity contribution >= 4 is 16.8 Å². The van der Waals surface area contributed by atoms with Gasteiger partial charge in [-0.2, -0.15) is 0 Å². The number of rotatable bonds is 6. The Balaban J connectivity index is 1.35. The van der Waals surface area contributed by atoms with E-state index in [-0.39, 0.29) is 36.4 Å². The number of amides is 1. The van der Waals surface area contributed by atoms with E-state index in [9.17, 15) is 9.59 Å². The number of nitrogens with zero attached hydrogens (tertiary/aromatic N) is 3. The summed E-state index contributed by atoms with van der Waals surface area (Å²) in [4.78, 5) is 25.9. The van der Waals surface area contributed by atoms with Gasteiger partial charge in [0.25, 0.3) is 5.56 Å². The molecule has 7 heteroatoms. The Morgan fingerprint density at radius 2 is 1.64 bits per heavy atom. The number of carbonyl (C=O) groups excluding carboxylic acids is 1. The highest BCUT2D eigenvalue weighted by molar-refractivity contribution is 5.79.